The number of hydrogen-bond donors (Lipinski definition) is 1. The molecule has 18 heavy (non-hydrogen) atoms. The zero-order chi connectivity index (χ0) is 14.1. The van der Waals surface area contributed by atoms with Gasteiger partial charge >= 0.3 is 0 Å². The molecule has 1 aromatic heterocycles. The largest absolute Gasteiger partial charge is 0.348 e. The van der Waals surface area contributed by atoms with Crippen LogP contribution in [0.3, 0.4) is 0 Å². The Morgan fingerprint density at radius 2 is 1.94 bits per heavy atom. The lowest BCUT2D eigenvalue weighted by atomic mass is 9.95. The Morgan fingerprint density at radius 3 is 2.33 bits per heavy atom. The van der Waals surface area contributed by atoms with Crippen molar-refractivity contribution in [2.75, 3.05) is 0 Å². The first-order chi connectivity index (χ1) is 8.01. The van der Waals surface area contributed by atoms with Crippen molar-refractivity contribution in [1.29, 1.82) is 0 Å². The van der Waals surface area contributed by atoms with E-state index in [0.717, 1.165) is 16.2 Å². The van der Waals surface area contributed by atoms with Crippen LogP contribution < -0.4 is 5.32 Å². The molecule has 0 aliphatic heterocycles. The molecule has 0 saturated heterocycles. The van der Waals surface area contributed by atoms with Crippen LogP contribution in [0.1, 0.15) is 38.6 Å². The SMILES string of the molecule is CC(NC(=O)C(C)(C)C)c1ccc(S(=O)(=O)Cl)s1. The Kier molecular flexibility index (Phi) is 4.46. The van der Waals surface area contributed by atoms with Crippen LogP contribution in [0.4, 0.5) is 0 Å². The first-order valence-corrected chi connectivity index (χ1v) is 8.50. The second kappa shape index (κ2) is 5.19. The molecule has 1 heterocycles. The molecule has 1 rings (SSSR count). The number of nitrogens with one attached hydrogen (secondary N) is 1. The zero-order valence-electron chi connectivity index (χ0n) is 10.7. The van der Waals surface area contributed by atoms with Crippen LogP contribution >= 0.6 is 22.0 Å². The lowest BCUT2D eigenvalue weighted by Crippen LogP contribution is -2.36. The van der Waals surface area contributed by atoms with Gasteiger partial charge in [0.15, 0.2) is 0 Å². The molecule has 1 aromatic rings. The fraction of sp³-hybridized carbons (Fsp3) is 0.545. The number of rotatable bonds is 3. The van der Waals surface area contributed by atoms with Gasteiger partial charge in [0.05, 0.1) is 6.04 Å². The molecule has 0 fully saturated rings. The third-order valence-corrected chi connectivity index (χ3v) is 5.66. The highest BCUT2D eigenvalue weighted by atomic mass is 35.7. The molecule has 0 spiro atoms. The van der Waals surface area contributed by atoms with E-state index in [4.69, 9.17) is 10.7 Å². The van der Waals surface area contributed by atoms with E-state index >= 15 is 0 Å². The summed E-state index contributed by atoms with van der Waals surface area (Å²) in [7, 11) is 1.56. The minimum absolute atomic E-state index is 0.0846. The van der Waals surface area contributed by atoms with Gasteiger partial charge in [0.25, 0.3) is 9.05 Å². The van der Waals surface area contributed by atoms with Gasteiger partial charge in [-0.05, 0) is 19.1 Å². The van der Waals surface area contributed by atoms with Crippen molar-refractivity contribution in [2.45, 2.75) is 37.9 Å². The van der Waals surface area contributed by atoms with Crippen molar-refractivity contribution in [1.82, 2.24) is 5.32 Å². The molecular weight excluding hydrogens is 294 g/mol. The van der Waals surface area contributed by atoms with Crippen LogP contribution in [-0.4, -0.2) is 14.3 Å². The molecule has 0 aliphatic carbocycles. The van der Waals surface area contributed by atoms with Crippen molar-refractivity contribution >= 4 is 37.0 Å². The summed E-state index contributed by atoms with van der Waals surface area (Å²) in [6.07, 6.45) is 0. The van der Waals surface area contributed by atoms with Crippen LogP contribution in [0.2, 0.25) is 0 Å². The summed E-state index contributed by atoms with van der Waals surface area (Å²) < 4.78 is 22.4. The highest BCUT2D eigenvalue weighted by Crippen LogP contribution is 2.29. The number of amides is 1. The van der Waals surface area contributed by atoms with Gasteiger partial charge in [-0.15, -0.1) is 11.3 Å². The number of carbonyl (C=O) groups is 1. The molecule has 0 saturated carbocycles. The van der Waals surface area contributed by atoms with Gasteiger partial charge in [-0.2, -0.15) is 0 Å². The molecule has 102 valence electrons. The second-order valence-corrected chi connectivity index (χ2v) is 8.95. The average molecular weight is 310 g/mol. The van der Waals surface area contributed by atoms with Gasteiger partial charge in [0.2, 0.25) is 5.91 Å². The molecule has 0 radical (unpaired) electrons. The minimum atomic E-state index is -3.69. The highest BCUT2D eigenvalue weighted by Gasteiger charge is 2.24. The second-order valence-electron chi connectivity index (χ2n) is 5.04. The van der Waals surface area contributed by atoms with Crippen LogP contribution in [-0.2, 0) is 13.8 Å². The van der Waals surface area contributed by atoms with E-state index in [9.17, 15) is 13.2 Å². The molecule has 0 aromatic carbocycles. The monoisotopic (exact) mass is 309 g/mol. The van der Waals surface area contributed by atoms with Crippen LogP contribution in [0, 0.1) is 5.41 Å². The Morgan fingerprint density at radius 1 is 1.39 bits per heavy atom. The van der Waals surface area contributed by atoms with E-state index in [-0.39, 0.29) is 16.2 Å². The zero-order valence-corrected chi connectivity index (χ0v) is 13.0. The summed E-state index contributed by atoms with van der Waals surface area (Å²) in [6, 6.07) is 2.86. The van der Waals surface area contributed by atoms with E-state index in [1.54, 1.807) is 13.0 Å². The fourth-order valence-corrected chi connectivity index (χ4v) is 3.28. The average Bonchev–Trinajstić information content (AvgIpc) is 2.63. The lowest BCUT2D eigenvalue weighted by molar-refractivity contribution is -0.129. The van der Waals surface area contributed by atoms with Gasteiger partial charge in [0.1, 0.15) is 4.21 Å². The van der Waals surface area contributed by atoms with Gasteiger partial charge < -0.3 is 5.32 Å². The van der Waals surface area contributed by atoms with E-state index in [2.05, 4.69) is 5.32 Å². The Bertz CT molecular complexity index is 543. The molecule has 0 aliphatic rings. The van der Waals surface area contributed by atoms with Crippen molar-refractivity contribution in [3.8, 4) is 0 Å². The van der Waals surface area contributed by atoms with Gasteiger partial charge in [-0.25, -0.2) is 8.42 Å². The van der Waals surface area contributed by atoms with Crippen molar-refractivity contribution < 1.29 is 13.2 Å². The predicted molar refractivity (Wildman–Crippen MR) is 73.4 cm³/mol. The third-order valence-electron chi connectivity index (χ3n) is 2.30. The van der Waals surface area contributed by atoms with E-state index in [0.29, 0.717) is 0 Å². The fourth-order valence-electron chi connectivity index (χ4n) is 1.18. The van der Waals surface area contributed by atoms with E-state index in [1.807, 2.05) is 20.8 Å². The summed E-state index contributed by atoms with van der Waals surface area (Å²) in [5.74, 6) is -0.0846. The first kappa shape index (κ1) is 15.5. The quantitative estimate of drug-likeness (QED) is 0.873. The molecule has 1 N–H and O–H groups in total. The van der Waals surface area contributed by atoms with Crippen molar-refractivity contribution in [3.63, 3.8) is 0 Å². The number of halogens is 1. The van der Waals surface area contributed by atoms with Crippen LogP contribution in [0.15, 0.2) is 16.3 Å². The van der Waals surface area contributed by atoms with Gasteiger partial charge in [0, 0.05) is 21.0 Å². The first-order valence-electron chi connectivity index (χ1n) is 5.37. The van der Waals surface area contributed by atoms with Gasteiger partial charge in [-0.3, -0.25) is 4.79 Å². The normalized spacial score (nSPS) is 14.3. The predicted octanol–water partition coefficient (Wildman–Crippen LogP) is 2.90. The van der Waals surface area contributed by atoms with E-state index < -0.39 is 14.5 Å². The summed E-state index contributed by atoms with van der Waals surface area (Å²) in [5, 5.41) is 2.83. The molecule has 4 nitrogen and oxygen atoms in total. The Balaban J connectivity index is 2.84. The third kappa shape index (κ3) is 3.96. The lowest BCUT2D eigenvalue weighted by Gasteiger charge is -2.21. The summed E-state index contributed by atoms with van der Waals surface area (Å²) in [5.41, 5.74) is -0.479. The van der Waals surface area contributed by atoms with Gasteiger partial charge in [-0.1, -0.05) is 20.8 Å². The maximum atomic E-state index is 11.8. The molecular formula is C11H16ClNO3S2. The number of carbonyl (C=O) groups excluding carboxylic acids is 1. The molecule has 0 bridgehead atoms. The molecule has 1 unspecified atom stereocenters. The topological polar surface area (TPSA) is 63.2 Å². The smallest absolute Gasteiger partial charge is 0.270 e. The summed E-state index contributed by atoms with van der Waals surface area (Å²) in [4.78, 5) is 12.6. The minimum Gasteiger partial charge on any atom is -0.348 e. The number of thiophene rings is 1. The van der Waals surface area contributed by atoms with Crippen molar-refractivity contribution in [2.24, 2.45) is 5.41 Å². The Labute approximate surface area is 116 Å². The van der Waals surface area contributed by atoms with Crippen molar-refractivity contribution in [3.05, 3.63) is 17.0 Å². The molecule has 1 amide bonds. The van der Waals surface area contributed by atoms with Crippen LogP contribution in [0.25, 0.3) is 0 Å². The number of hydrogen-bond acceptors (Lipinski definition) is 4. The maximum Gasteiger partial charge on any atom is 0.270 e. The maximum absolute atomic E-state index is 11.8. The summed E-state index contributed by atoms with van der Waals surface area (Å²) >= 11 is 1.07. The summed E-state index contributed by atoms with van der Waals surface area (Å²) in [6.45, 7) is 7.26. The van der Waals surface area contributed by atoms with E-state index in [1.165, 1.54) is 6.07 Å². The Hall–Kier alpha value is -0.590. The standard InChI is InChI=1S/C11H16ClNO3S2/c1-7(13-10(14)11(2,3)4)8-5-6-9(17-8)18(12,15)16/h5-7H,1-4H3,(H,13,14). The molecule has 1 atom stereocenters. The van der Waals surface area contributed by atoms with Crippen LogP contribution in [0.5, 0.6) is 0 Å². The molecule has 7 heteroatoms. The highest BCUT2D eigenvalue weighted by molar-refractivity contribution is 8.15.